The zero-order chi connectivity index (χ0) is 29.0. The van der Waals surface area contributed by atoms with Crippen LogP contribution in [0.4, 0.5) is 0 Å². The Balaban J connectivity index is 1.26. The topological polar surface area (TPSA) is 9.86 Å². The van der Waals surface area contributed by atoms with Crippen LogP contribution in [0, 0.1) is 0 Å². The zero-order valence-electron chi connectivity index (χ0n) is 24.1. The average Bonchev–Trinajstić information content (AvgIpc) is 3.61. The van der Waals surface area contributed by atoms with Crippen molar-refractivity contribution in [1.82, 2.24) is 9.13 Å². The molecule has 2 heterocycles. The number of para-hydroxylation sites is 3. The lowest BCUT2D eigenvalue weighted by atomic mass is 10.00. The molecule has 0 atom stereocenters. The summed E-state index contributed by atoms with van der Waals surface area (Å²) in [6.07, 6.45) is 0. The van der Waals surface area contributed by atoms with Crippen LogP contribution in [0.15, 0.2) is 170 Å². The van der Waals surface area contributed by atoms with Gasteiger partial charge in [-0.1, -0.05) is 109 Å². The van der Waals surface area contributed by atoms with Gasteiger partial charge in [0.2, 0.25) is 0 Å². The van der Waals surface area contributed by atoms with E-state index >= 15 is 0 Å². The number of fused-ring (bicyclic) bond motifs is 6. The number of nitrogens with zero attached hydrogens (tertiary/aromatic N) is 2. The molecule has 2 aromatic heterocycles. The Morgan fingerprint density at radius 2 is 0.682 bits per heavy atom. The van der Waals surface area contributed by atoms with Crippen molar-refractivity contribution < 1.29 is 0 Å². The number of hydrogen-bond donors (Lipinski definition) is 0. The van der Waals surface area contributed by atoms with Crippen molar-refractivity contribution in [3.05, 3.63) is 170 Å². The first-order valence-corrected chi connectivity index (χ1v) is 15.1. The molecule has 0 saturated heterocycles. The van der Waals surface area contributed by atoms with Gasteiger partial charge in [-0.2, -0.15) is 0 Å². The van der Waals surface area contributed by atoms with Gasteiger partial charge in [-0.25, -0.2) is 0 Å². The fourth-order valence-electron chi connectivity index (χ4n) is 6.89. The second-order valence-electron chi connectivity index (χ2n) is 11.4. The highest BCUT2D eigenvalue weighted by atomic mass is 15.0. The van der Waals surface area contributed by atoms with Gasteiger partial charge in [0.15, 0.2) is 0 Å². The molecule has 2 heteroatoms. The summed E-state index contributed by atoms with van der Waals surface area (Å²) in [6.45, 7) is 0. The molecule has 0 N–H and O–H groups in total. The molecule has 0 radical (unpaired) electrons. The normalized spacial score (nSPS) is 11.6. The predicted molar refractivity (Wildman–Crippen MR) is 186 cm³/mol. The molecule has 9 rings (SSSR count). The number of benzene rings is 7. The molecule has 0 spiro atoms. The van der Waals surface area contributed by atoms with Crippen LogP contribution >= 0.6 is 0 Å². The van der Waals surface area contributed by atoms with Gasteiger partial charge in [0.25, 0.3) is 0 Å². The van der Waals surface area contributed by atoms with Crippen molar-refractivity contribution in [2.24, 2.45) is 0 Å². The van der Waals surface area contributed by atoms with Crippen molar-refractivity contribution in [2.75, 3.05) is 0 Å². The van der Waals surface area contributed by atoms with Gasteiger partial charge in [-0.15, -0.1) is 0 Å². The molecule has 0 fully saturated rings. The second-order valence-corrected chi connectivity index (χ2v) is 11.4. The summed E-state index contributed by atoms with van der Waals surface area (Å²) in [5.74, 6) is 0. The zero-order valence-corrected chi connectivity index (χ0v) is 24.1. The van der Waals surface area contributed by atoms with Crippen molar-refractivity contribution in [2.45, 2.75) is 0 Å². The molecule has 9 aromatic rings. The molecule has 0 bridgehead atoms. The summed E-state index contributed by atoms with van der Waals surface area (Å²) in [6, 6.07) is 61.4. The van der Waals surface area contributed by atoms with Gasteiger partial charge in [0, 0.05) is 32.9 Å². The van der Waals surface area contributed by atoms with Gasteiger partial charge < -0.3 is 9.13 Å². The average molecular weight is 561 g/mol. The highest BCUT2D eigenvalue weighted by Gasteiger charge is 2.16. The SMILES string of the molecule is c1ccc(-c2ccc3c(c2)c2cc(-c4cccc(-n5c6ccccc6c6ccccc65)c4)ccc2n3-c2ccccc2)cc1. The van der Waals surface area contributed by atoms with E-state index in [4.69, 9.17) is 0 Å². The van der Waals surface area contributed by atoms with E-state index in [0.29, 0.717) is 0 Å². The van der Waals surface area contributed by atoms with E-state index in [1.807, 2.05) is 0 Å². The van der Waals surface area contributed by atoms with E-state index in [1.54, 1.807) is 0 Å². The van der Waals surface area contributed by atoms with Crippen LogP contribution in [0.2, 0.25) is 0 Å². The van der Waals surface area contributed by atoms with Crippen LogP contribution in [0.25, 0.3) is 77.2 Å². The molecule has 0 unspecified atom stereocenters. The monoisotopic (exact) mass is 560 g/mol. The largest absolute Gasteiger partial charge is 0.309 e. The van der Waals surface area contributed by atoms with Crippen LogP contribution in [0.1, 0.15) is 0 Å². The molecule has 0 saturated carbocycles. The van der Waals surface area contributed by atoms with Crippen molar-refractivity contribution in [1.29, 1.82) is 0 Å². The third kappa shape index (κ3) is 3.82. The molecule has 0 amide bonds. The summed E-state index contributed by atoms with van der Waals surface area (Å²) >= 11 is 0. The third-order valence-corrected chi connectivity index (χ3v) is 8.90. The molecule has 2 nitrogen and oxygen atoms in total. The highest BCUT2D eigenvalue weighted by molar-refractivity contribution is 6.12. The minimum Gasteiger partial charge on any atom is -0.309 e. The fraction of sp³-hybridized carbons (Fsp3) is 0. The maximum Gasteiger partial charge on any atom is 0.0541 e. The Morgan fingerprint density at radius 1 is 0.250 bits per heavy atom. The Labute approximate surface area is 255 Å². The lowest BCUT2D eigenvalue weighted by Crippen LogP contribution is -1.94. The molecule has 0 aliphatic carbocycles. The van der Waals surface area contributed by atoms with E-state index in [2.05, 4.69) is 179 Å². The minimum absolute atomic E-state index is 1.16. The third-order valence-electron chi connectivity index (χ3n) is 8.90. The van der Waals surface area contributed by atoms with Gasteiger partial charge >= 0.3 is 0 Å². The van der Waals surface area contributed by atoms with E-state index in [0.717, 1.165) is 5.69 Å². The lowest BCUT2D eigenvalue weighted by molar-refractivity contribution is 1.18. The summed E-state index contributed by atoms with van der Waals surface area (Å²) in [4.78, 5) is 0. The van der Waals surface area contributed by atoms with Gasteiger partial charge in [-0.05, 0) is 82.9 Å². The van der Waals surface area contributed by atoms with Gasteiger partial charge in [0.1, 0.15) is 0 Å². The number of aromatic nitrogens is 2. The van der Waals surface area contributed by atoms with E-state index in [1.165, 1.54) is 71.6 Å². The quantitative estimate of drug-likeness (QED) is 0.203. The van der Waals surface area contributed by atoms with Crippen molar-refractivity contribution in [3.8, 4) is 33.6 Å². The van der Waals surface area contributed by atoms with Crippen LogP contribution in [-0.4, -0.2) is 9.13 Å². The molecule has 7 aromatic carbocycles. The standard InChI is InChI=1S/C42H28N2/c1-3-12-29(13-4-1)31-22-24-41-37(27-31)38-28-32(23-25-42(38)43(41)33-15-5-2-6-16-33)30-14-11-17-34(26-30)44-39-20-9-7-18-35(39)36-19-8-10-21-40(36)44/h1-28H. The summed E-state index contributed by atoms with van der Waals surface area (Å²) < 4.78 is 4.78. The van der Waals surface area contributed by atoms with Crippen molar-refractivity contribution in [3.63, 3.8) is 0 Å². The second kappa shape index (κ2) is 9.86. The predicted octanol–water partition coefficient (Wildman–Crippen LogP) is 11.2. The first kappa shape index (κ1) is 24.7. The van der Waals surface area contributed by atoms with E-state index < -0.39 is 0 Å². The Hall–Kier alpha value is -5.86. The maximum atomic E-state index is 2.39. The summed E-state index contributed by atoms with van der Waals surface area (Å²) in [7, 11) is 0. The first-order valence-electron chi connectivity index (χ1n) is 15.1. The fourth-order valence-corrected chi connectivity index (χ4v) is 6.89. The van der Waals surface area contributed by atoms with Crippen molar-refractivity contribution >= 4 is 43.6 Å². The maximum absolute atomic E-state index is 2.39. The van der Waals surface area contributed by atoms with Gasteiger partial charge in [0.05, 0.1) is 22.1 Å². The smallest absolute Gasteiger partial charge is 0.0541 e. The Bertz CT molecular complexity index is 2430. The summed E-state index contributed by atoms with van der Waals surface area (Å²) in [5, 5.41) is 5.06. The molecular weight excluding hydrogens is 532 g/mol. The van der Waals surface area contributed by atoms with E-state index in [-0.39, 0.29) is 0 Å². The Morgan fingerprint density at radius 3 is 1.32 bits per heavy atom. The lowest BCUT2D eigenvalue weighted by Gasteiger charge is -2.11. The van der Waals surface area contributed by atoms with Crippen LogP contribution in [-0.2, 0) is 0 Å². The number of hydrogen-bond acceptors (Lipinski definition) is 0. The molecule has 206 valence electrons. The first-order chi connectivity index (χ1) is 21.8. The number of rotatable bonds is 4. The van der Waals surface area contributed by atoms with Crippen LogP contribution in [0.5, 0.6) is 0 Å². The molecule has 0 aliphatic heterocycles. The molecule has 0 aliphatic rings. The minimum atomic E-state index is 1.16. The molecule has 44 heavy (non-hydrogen) atoms. The van der Waals surface area contributed by atoms with Crippen LogP contribution in [0.3, 0.4) is 0 Å². The van der Waals surface area contributed by atoms with Crippen LogP contribution < -0.4 is 0 Å². The summed E-state index contributed by atoms with van der Waals surface area (Å²) in [5.41, 5.74) is 12.1. The molecular formula is C42H28N2. The van der Waals surface area contributed by atoms with Gasteiger partial charge in [-0.3, -0.25) is 0 Å². The Kier molecular flexibility index (Phi) is 5.54. The van der Waals surface area contributed by atoms with E-state index in [9.17, 15) is 0 Å². The highest BCUT2D eigenvalue weighted by Crippen LogP contribution is 2.38.